The Morgan fingerprint density at radius 1 is 1.38 bits per heavy atom. The Kier molecular flexibility index (Phi) is 2.89. The highest BCUT2D eigenvalue weighted by Gasteiger charge is 2.32. The fourth-order valence-corrected chi connectivity index (χ4v) is 4.00. The van der Waals surface area contributed by atoms with E-state index in [1.54, 1.807) is 0 Å². The smallest absolute Gasteiger partial charge is 0.0128 e. The summed E-state index contributed by atoms with van der Waals surface area (Å²) in [6.45, 7) is 5.92. The van der Waals surface area contributed by atoms with Crippen LogP contribution < -0.4 is 5.32 Å². The number of nitrogens with one attached hydrogen (secondary N) is 1. The number of hydrogen-bond donors (Lipinski definition) is 1. The van der Waals surface area contributed by atoms with Gasteiger partial charge in [-0.2, -0.15) is 11.8 Å². The van der Waals surface area contributed by atoms with E-state index in [0.29, 0.717) is 5.54 Å². The molecular formula is C11H21NS. The predicted octanol–water partition coefficient (Wildman–Crippen LogP) is 2.52. The largest absolute Gasteiger partial charge is 0.312 e. The second kappa shape index (κ2) is 3.82. The van der Waals surface area contributed by atoms with Gasteiger partial charge >= 0.3 is 0 Å². The van der Waals surface area contributed by atoms with Gasteiger partial charge in [0.25, 0.3) is 0 Å². The van der Waals surface area contributed by atoms with Crippen molar-refractivity contribution < 1.29 is 0 Å². The molecule has 2 fully saturated rings. The fraction of sp³-hybridized carbons (Fsp3) is 1.00. The van der Waals surface area contributed by atoms with E-state index in [-0.39, 0.29) is 0 Å². The Morgan fingerprint density at radius 3 is 2.77 bits per heavy atom. The van der Waals surface area contributed by atoms with Crippen LogP contribution in [-0.4, -0.2) is 23.6 Å². The molecule has 13 heavy (non-hydrogen) atoms. The first kappa shape index (κ1) is 9.85. The van der Waals surface area contributed by atoms with Gasteiger partial charge < -0.3 is 5.32 Å². The minimum Gasteiger partial charge on any atom is -0.312 e. The molecule has 76 valence electrons. The Balaban J connectivity index is 1.77. The van der Waals surface area contributed by atoms with Crippen molar-refractivity contribution >= 4 is 11.8 Å². The predicted molar refractivity (Wildman–Crippen MR) is 60.2 cm³/mol. The Bertz CT molecular complexity index is 173. The molecule has 0 aromatic carbocycles. The standard InChI is InChI=1S/C11H21NS/c1-11(2)6-10(7-12-11)5-9-3-4-13-8-9/h9-10,12H,3-8H2,1-2H3. The summed E-state index contributed by atoms with van der Waals surface area (Å²) in [5, 5.41) is 3.61. The highest BCUT2D eigenvalue weighted by atomic mass is 32.2. The molecule has 2 heteroatoms. The fourth-order valence-electron chi connectivity index (χ4n) is 2.69. The van der Waals surface area contributed by atoms with Crippen LogP contribution in [0.5, 0.6) is 0 Å². The van der Waals surface area contributed by atoms with Gasteiger partial charge in [0.05, 0.1) is 0 Å². The molecule has 1 N–H and O–H groups in total. The first-order valence-electron chi connectivity index (χ1n) is 5.48. The lowest BCUT2D eigenvalue weighted by atomic mass is 9.89. The first-order valence-corrected chi connectivity index (χ1v) is 6.64. The van der Waals surface area contributed by atoms with Gasteiger partial charge in [0.15, 0.2) is 0 Å². The minimum absolute atomic E-state index is 0.413. The van der Waals surface area contributed by atoms with Crippen molar-refractivity contribution in [3.05, 3.63) is 0 Å². The average Bonchev–Trinajstić information content (AvgIpc) is 2.61. The summed E-state index contributed by atoms with van der Waals surface area (Å²) in [5.74, 6) is 4.83. The zero-order valence-electron chi connectivity index (χ0n) is 8.81. The molecule has 2 heterocycles. The normalized spacial score (nSPS) is 38.3. The molecule has 2 rings (SSSR count). The molecule has 2 aliphatic heterocycles. The third-order valence-electron chi connectivity index (χ3n) is 3.36. The summed E-state index contributed by atoms with van der Waals surface area (Å²) in [4.78, 5) is 0. The molecule has 0 aromatic heterocycles. The summed E-state index contributed by atoms with van der Waals surface area (Å²) >= 11 is 2.15. The lowest BCUT2D eigenvalue weighted by Gasteiger charge is -2.18. The van der Waals surface area contributed by atoms with Gasteiger partial charge in [0, 0.05) is 5.54 Å². The maximum Gasteiger partial charge on any atom is 0.0128 e. The second-order valence-corrected chi connectivity index (χ2v) is 6.45. The number of rotatable bonds is 2. The quantitative estimate of drug-likeness (QED) is 0.733. The molecule has 0 bridgehead atoms. The highest BCUT2D eigenvalue weighted by molar-refractivity contribution is 7.99. The van der Waals surface area contributed by atoms with Crippen molar-refractivity contribution in [3.63, 3.8) is 0 Å². The van der Waals surface area contributed by atoms with Gasteiger partial charge in [0.2, 0.25) is 0 Å². The topological polar surface area (TPSA) is 12.0 Å². The Labute approximate surface area is 86.0 Å². The molecule has 0 saturated carbocycles. The van der Waals surface area contributed by atoms with E-state index in [9.17, 15) is 0 Å². The van der Waals surface area contributed by atoms with Crippen LogP contribution in [0.2, 0.25) is 0 Å². The van der Waals surface area contributed by atoms with E-state index in [1.807, 2.05) is 0 Å². The third kappa shape index (κ3) is 2.63. The molecule has 0 spiro atoms. The van der Waals surface area contributed by atoms with Gasteiger partial charge in [-0.05, 0) is 63.0 Å². The minimum atomic E-state index is 0.413. The summed E-state index contributed by atoms with van der Waals surface area (Å²) in [6.07, 6.45) is 4.33. The van der Waals surface area contributed by atoms with Crippen LogP contribution in [0.15, 0.2) is 0 Å². The van der Waals surface area contributed by atoms with Crippen molar-refractivity contribution in [2.24, 2.45) is 11.8 Å². The van der Waals surface area contributed by atoms with Crippen LogP contribution in [-0.2, 0) is 0 Å². The molecule has 0 aromatic rings. The summed E-state index contributed by atoms with van der Waals surface area (Å²) < 4.78 is 0. The zero-order valence-corrected chi connectivity index (χ0v) is 9.62. The second-order valence-electron chi connectivity index (χ2n) is 5.30. The van der Waals surface area contributed by atoms with E-state index in [1.165, 1.54) is 37.3 Å². The molecule has 0 amide bonds. The van der Waals surface area contributed by atoms with E-state index < -0.39 is 0 Å². The molecule has 2 atom stereocenters. The number of thioether (sulfide) groups is 1. The van der Waals surface area contributed by atoms with Crippen molar-refractivity contribution in [1.82, 2.24) is 5.32 Å². The lowest BCUT2D eigenvalue weighted by Crippen LogP contribution is -2.31. The van der Waals surface area contributed by atoms with Gasteiger partial charge in [-0.3, -0.25) is 0 Å². The first-order chi connectivity index (χ1) is 6.16. The van der Waals surface area contributed by atoms with E-state index in [2.05, 4.69) is 30.9 Å². The lowest BCUT2D eigenvalue weighted by molar-refractivity contribution is 0.390. The van der Waals surface area contributed by atoms with Crippen LogP contribution in [0.3, 0.4) is 0 Å². The molecular weight excluding hydrogens is 178 g/mol. The average molecular weight is 199 g/mol. The van der Waals surface area contributed by atoms with Crippen molar-refractivity contribution in [1.29, 1.82) is 0 Å². The van der Waals surface area contributed by atoms with Crippen LogP contribution in [0.1, 0.15) is 33.1 Å². The molecule has 0 radical (unpaired) electrons. The summed E-state index contributed by atoms with van der Waals surface area (Å²) in [6, 6.07) is 0. The van der Waals surface area contributed by atoms with Gasteiger partial charge in [-0.1, -0.05) is 0 Å². The maximum absolute atomic E-state index is 3.61. The summed E-state index contributed by atoms with van der Waals surface area (Å²) in [5.41, 5.74) is 0.413. The van der Waals surface area contributed by atoms with Gasteiger partial charge in [0.1, 0.15) is 0 Å². The van der Waals surface area contributed by atoms with Crippen molar-refractivity contribution in [2.75, 3.05) is 18.1 Å². The van der Waals surface area contributed by atoms with Crippen molar-refractivity contribution in [2.45, 2.75) is 38.6 Å². The Morgan fingerprint density at radius 2 is 2.23 bits per heavy atom. The number of hydrogen-bond acceptors (Lipinski definition) is 2. The van der Waals surface area contributed by atoms with Crippen LogP contribution in [0.4, 0.5) is 0 Å². The van der Waals surface area contributed by atoms with E-state index in [0.717, 1.165) is 11.8 Å². The SMILES string of the molecule is CC1(C)CC(CC2CCSC2)CN1. The molecule has 2 unspecified atom stereocenters. The molecule has 0 aliphatic carbocycles. The molecule has 2 aliphatic rings. The molecule has 1 nitrogen and oxygen atoms in total. The maximum atomic E-state index is 3.61. The monoisotopic (exact) mass is 199 g/mol. The van der Waals surface area contributed by atoms with Crippen LogP contribution in [0.25, 0.3) is 0 Å². The highest BCUT2D eigenvalue weighted by Crippen LogP contribution is 2.33. The zero-order chi connectivity index (χ0) is 9.31. The molecule has 2 saturated heterocycles. The van der Waals surface area contributed by atoms with Gasteiger partial charge in [-0.15, -0.1) is 0 Å². The summed E-state index contributed by atoms with van der Waals surface area (Å²) in [7, 11) is 0. The van der Waals surface area contributed by atoms with Crippen molar-refractivity contribution in [3.8, 4) is 0 Å². The van der Waals surface area contributed by atoms with Crippen LogP contribution in [0, 0.1) is 11.8 Å². The third-order valence-corrected chi connectivity index (χ3v) is 4.59. The Hall–Kier alpha value is 0.310. The van der Waals surface area contributed by atoms with Gasteiger partial charge in [-0.25, -0.2) is 0 Å². The van der Waals surface area contributed by atoms with E-state index >= 15 is 0 Å². The van der Waals surface area contributed by atoms with Crippen LogP contribution >= 0.6 is 11.8 Å². The van der Waals surface area contributed by atoms with E-state index in [4.69, 9.17) is 0 Å².